The Bertz CT molecular complexity index is 1100. The van der Waals surface area contributed by atoms with E-state index in [9.17, 15) is 33.3 Å². The molecule has 1 fully saturated rings. The zero-order valence-electron chi connectivity index (χ0n) is 15.0. The number of H-pyrrole nitrogens is 1. The fourth-order valence-corrected chi connectivity index (χ4v) is 5.64. The van der Waals surface area contributed by atoms with Crippen LogP contribution in [-0.2, 0) is 31.6 Å². The molecule has 2 unspecified atom stereocenters. The Kier molecular flexibility index (Phi) is 7.94. The van der Waals surface area contributed by atoms with Crippen molar-refractivity contribution >= 4 is 23.5 Å². The Hall–Kier alpha value is -1.50. The topological polar surface area (TPSA) is 248 Å². The van der Waals surface area contributed by atoms with Crippen molar-refractivity contribution in [1.29, 1.82) is 0 Å². The van der Waals surface area contributed by atoms with Gasteiger partial charge in [0.2, 0.25) is 6.54 Å². The van der Waals surface area contributed by atoms with Crippen LogP contribution in [0.3, 0.4) is 0 Å². The smallest absolute Gasteiger partial charge is 0.388 e. The first-order valence-electron chi connectivity index (χ1n) is 7.91. The Labute approximate surface area is 172 Å². The SMILES string of the molecule is [C-]#[N+]C[C@H]1[C@@H](O)[C@H](n2ccc(=O)[nH]c2=O)O[C@@H]1COP(=O)(O)OP(=O)(O)OP(=O)(O)O. The van der Waals surface area contributed by atoms with E-state index in [0.717, 1.165) is 16.8 Å². The molecule has 1 aliphatic rings. The van der Waals surface area contributed by atoms with E-state index in [0.29, 0.717) is 0 Å². The molecule has 1 aromatic rings. The Morgan fingerprint density at radius 1 is 1.16 bits per heavy atom. The third kappa shape index (κ3) is 7.26. The minimum absolute atomic E-state index is 0.389. The fourth-order valence-electron chi connectivity index (χ4n) is 2.61. The quantitative estimate of drug-likeness (QED) is 0.168. The first-order valence-corrected chi connectivity index (χ1v) is 12.4. The summed E-state index contributed by atoms with van der Waals surface area (Å²) in [5, 5.41) is 10.4. The highest BCUT2D eigenvalue weighted by Crippen LogP contribution is 2.66. The third-order valence-corrected chi connectivity index (χ3v) is 7.57. The maximum absolute atomic E-state index is 11.9. The van der Waals surface area contributed by atoms with E-state index >= 15 is 0 Å². The summed E-state index contributed by atoms with van der Waals surface area (Å²) in [6, 6.07) is 0.959. The average Bonchev–Trinajstić information content (AvgIpc) is 2.87. The van der Waals surface area contributed by atoms with Crippen LogP contribution in [-0.4, -0.2) is 59.6 Å². The molecule has 0 aromatic carbocycles. The van der Waals surface area contributed by atoms with Crippen LogP contribution in [0.25, 0.3) is 4.85 Å². The largest absolute Gasteiger partial charge is 0.490 e. The highest BCUT2D eigenvalue weighted by Gasteiger charge is 2.48. The predicted molar refractivity (Wildman–Crippen MR) is 96.0 cm³/mol. The molecule has 31 heavy (non-hydrogen) atoms. The zero-order valence-corrected chi connectivity index (χ0v) is 17.7. The lowest BCUT2D eigenvalue weighted by molar-refractivity contribution is -0.0528. The van der Waals surface area contributed by atoms with Gasteiger partial charge in [0.1, 0.15) is 6.10 Å². The Morgan fingerprint density at radius 3 is 2.35 bits per heavy atom. The molecule has 0 amide bonds. The highest BCUT2D eigenvalue weighted by atomic mass is 31.3. The van der Waals surface area contributed by atoms with Gasteiger partial charge < -0.3 is 34.3 Å². The number of nitrogens with one attached hydrogen (secondary N) is 1. The minimum atomic E-state index is -5.73. The Balaban J connectivity index is 2.15. The van der Waals surface area contributed by atoms with E-state index < -0.39 is 65.7 Å². The molecule has 0 radical (unpaired) electrons. The van der Waals surface area contributed by atoms with E-state index in [4.69, 9.17) is 26.0 Å². The number of aliphatic hydroxyl groups excluding tert-OH is 1. The van der Waals surface area contributed by atoms with Crippen molar-refractivity contribution in [2.45, 2.75) is 18.4 Å². The molecule has 1 aliphatic heterocycles. The molecule has 0 saturated carbocycles. The second-order valence-electron chi connectivity index (χ2n) is 5.96. The van der Waals surface area contributed by atoms with Crippen LogP contribution in [0.1, 0.15) is 6.23 Å². The summed E-state index contributed by atoms with van der Waals surface area (Å²) < 4.78 is 51.6. The summed E-state index contributed by atoms with van der Waals surface area (Å²) in [6.45, 7) is 5.65. The van der Waals surface area contributed by atoms with Crippen LogP contribution in [0.2, 0.25) is 0 Å². The fraction of sp³-hybridized carbons (Fsp3) is 0.545. The van der Waals surface area contributed by atoms with Crippen molar-refractivity contribution < 1.29 is 56.3 Å². The summed E-state index contributed by atoms with van der Waals surface area (Å²) in [5.41, 5.74) is -1.68. The van der Waals surface area contributed by atoms with Crippen molar-refractivity contribution in [2.75, 3.05) is 13.2 Å². The van der Waals surface area contributed by atoms with Gasteiger partial charge in [0, 0.05) is 12.3 Å². The normalized spacial score (nSPS) is 27.9. The van der Waals surface area contributed by atoms with Crippen LogP contribution in [0.4, 0.5) is 0 Å². The minimum Gasteiger partial charge on any atom is -0.388 e. The molecular weight excluding hydrogens is 491 g/mol. The lowest BCUT2D eigenvalue weighted by Crippen LogP contribution is -2.36. The molecule has 0 aliphatic carbocycles. The molecule has 6 N–H and O–H groups in total. The number of hydrogen-bond donors (Lipinski definition) is 6. The van der Waals surface area contributed by atoms with Crippen molar-refractivity contribution in [3.05, 3.63) is 44.5 Å². The predicted octanol–water partition coefficient (Wildman–Crippen LogP) is -1.33. The van der Waals surface area contributed by atoms with E-state index in [-0.39, 0.29) is 6.54 Å². The van der Waals surface area contributed by atoms with Crippen molar-refractivity contribution in [1.82, 2.24) is 9.55 Å². The highest BCUT2D eigenvalue weighted by molar-refractivity contribution is 7.66. The van der Waals surface area contributed by atoms with E-state index in [1.165, 1.54) is 0 Å². The number of phosphoric acid groups is 3. The van der Waals surface area contributed by atoms with Crippen LogP contribution < -0.4 is 11.2 Å². The number of ether oxygens (including phenoxy) is 1. The van der Waals surface area contributed by atoms with E-state index in [2.05, 4.69) is 18.0 Å². The van der Waals surface area contributed by atoms with Crippen LogP contribution in [0.5, 0.6) is 0 Å². The van der Waals surface area contributed by atoms with Gasteiger partial charge in [0.05, 0.1) is 18.6 Å². The number of rotatable bonds is 9. The molecule has 2 rings (SSSR count). The van der Waals surface area contributed by atoms with Crippen LogP contribution in [0, 0.1) is 12.5 Å². The van der Waals surface area contributed by atoms with Gasteiger partial charge in [-0.15, -0.1) is 0 Å². The molecule has 17 nitrogen and oxygen atoms in total. The number of phosphoric ester groups is 1. The summed E-state index contributed by atoms with van der Waals surface area (Å²) in [5.74, 6) is -1.08. The zero-order chi connectivity index (χ0) is 23.6. The molecular formula is C11H16N3O14P3. The van der Waals surface area contributed by atoms with Gasteiger partial charge in [-0.25, -0.2) is 25.1 Å². The molecule has 2 heterocycles. The van der Waals surface area contributed by atoms with Crippen LogP contribution in [0.15, 0.2) is 21.9 Å². The first-order chi connectivity index (χ1) is 14.1. The maximum Gasteiger partial charge on any atom is 0.490 e. The second-order valence-corrected chi connectivity index (χ2v) is 10.4. The van der Waals surface area contributed by atoms with Gasteiger partial charge in [-0.05, 0) is 0 Å². The summed E-state index contributed by atoms with van der Waals surface area (Å²) in [4.78, 5) is 63.7. The number of aromatic nitrogens is 2. The molecule has 174 valence electrons. The van der Waals surface area contributed by atoms with Gasteiger partial charge >= 0.3 is 29.2 Å². The molecule has 1 aromatic heterocycles. The average molecular weight is 507 g/mol. The van der Waals surface area contributed by atoms with Crippen molar-refractivity contribution in [3.63, 3.8) is 0 Å². The standard InChI is InChI=1S/C11H16N3O14P3/c1-12-4-6-7(5-25-30(21,22)28-31(23,24)27-29(18,19)20)26-10(9(6)16)14-3-2-8(15)13-11(14)17/h2-3,6-7,9-10,16H,4-5H2,(H,21,22)(H,23,24)(H,13,15,17)(H2,18,19,20)/t6-,7-,9-,10-/m1/s1. The van der Waals surface area contributed by atoms with Gasteiger partial charge in [-0.2, -0.15) is 8.62 Å². The summed E-state index contributed by atoms with van der Waals surface area (Å²) in [6.07, 6.45) is -3.25. The number of aliphatic hydroxyl groups is 1. The van der Waals surface area contributed by atoms with E-state index in [1.54, 1.807) is 0 Å². The summed E-state index contributed by atoms with van der Waals surface area (Å²) >= 11 is 0. The van der Waals surface area contributed by atoms with Gasteiger partial charge in [0.15, 0.2) is 6.23 Å². The maximum atomic E-state index is 11.9. The van der Waals surface area contributed by atoms with Gasteiger partial charge in [-0.1, -0.05) is 0 Å². The summed E-state index contributed by atoms with van der Waals surface area (Å²) in [7, 11) is -16.8. The monoisotopic (exact) mass is 507 g/mol. The number of nitrogens with zero attached hydrogens (tertiary/aromatic N) is 2. The number of hydrogen-bond acceptors (Lipinski definition) is 10. The molecule has 6 atom stereocenters. The second kappa shape index (κ2) is 9.55. The van der Waals surface area contributed by atoms with Gasteiger partial charge in [0.25, 0.3) is 5.56 Å². The third-order valence-electron chi connectivity index (χ3n) is 3.77. The number of aromatic amines is 1. The molecule has 0 bridgehead atoms. The lowest BCUT2D eigenvalue weighted by Gasteiger charge is -2.19. The lowest BCUT2D eigenvalue weighted by atomic mass is 9.98. The first kappa shape index (κ1) is 25.8. The van der Waals surface area contributed by atoms with Gasteiger partial charge in [-0.3, -0.25) is 18.9 Å². The van der Waals surface area contributed by atoms with E-state index in [1.807, 2.05) is 4.98 Å². The van der Waals surface area contributed by atoms with Crippen molar-refractivity contribution in [2.24, 2.45) is 5.92 Å². The molecule has 20 heteroatoms. The van der Waals surface area contributed by atoms with Crippen molar-refractivity contribution in [3.8, 4) is 0 Å². The molecule has 0 spiro atoms. The Morgan fingerprint density at radius 2 is 1.81 bits per heavy atom. The van der Waals surface area contributed by atoms with Crippen LogP contribution >= 0.6 is 23.5 Å². The molecule has 1 saturated heterocycles.